The van der Waals surface area contributed by atoms with E-state index in [1.54, 1.807) is 11.9 Å². The molecule has 0 aliphatic carbocycles. The van der Waals surface area contributed by atoms with Crippen molar-refractivity contribution < 1.29 is 14.6 Å². The third-order valence-electron chi connectivity index (χ3n) is 3.09. The first-order valence-electron chi connectivity index (χ1n) is 5.86. The molecule has 0 bridgehead atoms. The van der Waals surface area contributed by atoms with Gasteiger partial charge in [-0.15, -0.1) is 0 Å². The number of benzene rings is 1. The van der Waals surface area contributed by atoms with Gasteiger partial charge in [0.05, 0.1) is 13.2 Å². The number of carbonyl (C=O) groups excluding carboxylic acids is 1. The molecule has 1 amide bonds. The molecule has 2 rings (SSSR count). The van der Waals surface area contributed by atoms with E-state index in [0.29, 0.717) is 18.8 Å². The van der Waals surface area contributed by atoms with Crippen LogP contribution in [0, 0.1) is 5.92 Å². The van der Waals surface area contributed by atoms with Gasteiger partial charge >= 0.3 is 0 Å². The van der Waals surface area contributed by atoms with Gasteiger partial charge in [0.25, 0.3) is 0 Å². The summed E-state index contributed by atoms with van der Waals surface area (Å²) in [6.07, 6.45) is 0.543. The number of aliphatic hydroxyl groups excluding tert-OH is 1. The predicted octanol–water partition coefficient (Wildman–Crippen LogP) is 1.80. The van der Waals surface area contributed by atoms with Gasteiger partial charge in [0.1, 0.15) is 5.75 Å². The molecule has 0 saturated carbocycles. The number of carbonyl (C=O) groups is 1. The number of hydrogen-bond donors (Lipinski definition) is 1. The minimum absolute atomic E-state index is 0.0573. The number of nitrogens with zero attached hydrogens (tertiary/aromatic N) is 1. The van der Waals surface area contributed by atoms with Crippen molar-refractivity contribution in [3.8, 4) is 5.75 Å². The maximum absolute atomic E-state index is 11.4. The molecule has 0 radical (unpaired) electrons. The molecule has 1 unspecified atom stereocenters. The molecule has 1 aliphatic rings. The number of aliphatic hydroxyl groups is 1. The Kier molecular flexibility index (Phi) is 4.24. The molecule has 1 fully saturated rings. The summed E-state index contributed by atoms with van der Waals surface area (Å²) in [6.45, 7) is 1.19. The largest absolute Gasteiger partial charge is 0.493 e. The first kappa shape index (κ1) is 13.4. The van der Waals surface area contributed by atoms with Crippen LogP contribution in [-0.2, 0) is 11.4 Å². The fourth-order valence-electron chi connectivity index (χ4n) is 2.09. The fourth-order valence-corrected chi connectivity index (χ4v) is 2.50. The molecule has 0 aromatic heterocycles. The van der Waals surface area contributed by atoms with Crippen LogP contribution in [0.15, 0.2) is 22.7 Å². The topological polar surface area (TPSA) is 49.8 Å². The Morgan fingerprint density at radius 1 is 1.56 bits per heavy atom. The molecule has 1 aromatic rings. The lowest BCUT2D eigenvalue weighted by molar-refractivity contribution is -0.126. The molecule has 1 aromatic carbocycles. The van der Waals surface area contributed by atoms with Crippen LogP contribution >= 0.6 is 15.9 Å². The highest BCUT2D eigenvalue weighted by Gasteiger charge is 2.27. The van der Waals surface area contributed by atoms with Gasteiger partial charge in [0.2, 0.25) is 5.91 Å². The van der Waals surface area contributed by atoms with Crippen LogP contribution < -0.4 is 4.74 Å². The number of ether oxygens (including phenoxy) is 1. The van der Waals surface area contributed by atoms with E-state index in [4.69, 9.17) is 4.74 Å². The average Bonchev–Trinajstić information content (AvgIpc) is 2.67. The molecule has 1 saturated heterocycles. The average molecular weight is 314 g/mol. The predicted molar refractivity (Wildman–Crippen MR) is 71.3 cm³/mol. The first-order chi connectivity index (χ1) is 8.60. The van der Waals surface area contributed by atoms with Gasteiger partial charge < -0.3 is 14.7 Å². The van der Waals surface area contributed by atoms with E-state index in [0.717, 1.165) is 16.6 Å². The summed E-state index contributed by atoms with van der Waals surface area (Å²) in [5.41, 5.74) is 0.752. The molecular weight excluding hydrogens is 298 g/mol. The molecular formula is C13H16BrNO3. The lowest BCUT2D eigenvalue weighted by Crippen LogP contribution is -2.20. The van der Waals surface area contributed by atoms with E-state index < -0.39 is 0 Å². The van der Waals surface area contributed by atoms with Crippen LogP contribution in [0.25, 0.3) is 0 Å². The van der Waals surface area contributed by atoms with E-state index in [1.165, 1.54) is 0 Å². The SMILES string of the molecule is CN1CC(COc2ccc(Br)cc2CO)CC1=O. The van der Waals surface area contributed by atoms with Gasteiger partial charge in [0, 0.05) is 36.0 Å². The second kappa shape index (κ2) is 5.71. The summed E-state index contributed by atoms with van der Waals surface area (Å²) < 4.78 is 6.62. The third-order valence-corrected chi connectivity index (χ3v) is 3.58. The minimum Gasteiger partial charge on any atom is -0.493 e. The summed E-state index contributed by atoms with van der Waals surface area (Å²) in [5, 5.41) is 9.26. The Morgan fingerprint density at radius 3 is 2.94 bits per heavy atom. The number of likely N-dealkylation sites (tertiary alicyclic amines) is 1. The maximum Gasteiger partial charge on any atom is 0.222 e. The van der Waals surface area contributed by atoms with E-state index in [2.05, 4.69) is 15.9 Å². The van der Waals surface area contributed by atoms with Gasteiger partial charge in [-0.2, -0.15) is 0 Å². The first-order valence-corrected chi connectivity index (χ1v) is 6.65. The second-order valence-corrected chi connectivity index (χ2v) is 5.48. The van der Waals surface area contributed by atoms with Gasteiger partial charge in [-0.3, -0.25) is 4.79 Å². The maximum atomic E-state index is 11.4. The van der Waals surface area contributed by atoms with E-state index in [9.17, 15) is 9.90 Å². The molecule has 98 valence electrons. The van der Waals surface area contributed by atoms with Crippen molar-refractivity contribution in [2.24, 2.45) is 5.92 Å². The zero-order valence-corrected chi connectivity index (χ0v) is 11.8. The zero-order chi connectivity index (χ0) is 13.1. The van der Waals surface area contributed by atoms with E-state index in [1.807, 2.05) is 18.2 Å². The summed E-state index contributed by atoms with van der Waals surface area (Å²) in [7, 11) is 1.81. The van der Waals surface area contributed by atoms with Crippen molar-refractivity contribution in [3.05, 3.63) is 28.2 Å². The van der Waals surface area contributed by atoms with Crippen LogP contribution in [0.1, 0.15) is 12.0 Å². The summed E-state index contributed by atoms with van der Waals surface area (Å²) >= 11 is 3.35. The number of hydrogen-bond acceptors (Lipinski definition) is 3. The molecule has 18 heavy (non-hydrogen) atoms. The molecule has 1 N–H and O–H groups in total. The van der Waals surface area contributed by atoms with Crippen LogP contribution in [0.2, 0.25) is 0 Å². The van der Waals surface area contributed by atoms with Crippen molar-refractivity contribution in [2.45, 2.75) is 13.0 Å². The van der Waals surface area contributed by atoms with Gasteiger partial charge in [-0.25, -0.2) is 0 Å². The minimum atomic E-state index is -0.0573. The molecule has 4 nitrogen and oxygen atoms in total. The normalized spacial score (nSPS) is 19.4. The molecule has 1 atom stereocenters. The van der Waals surface area contributed by atoms with Crippen LogP contribution in [-0.4, -0.2) is 36.1 Å². The summed E-state index contributed by atoms with van der Waals surface area (Å²) in [6, 6.07) is 5.54. The molecule has 1 aliphatic heterocycles. The number of amides is 1. The highest BCUT2D eigenvalue weighted by Crippen LogP contribution is 2.25. The standard InChI is InChI=1S/C13H16BrNO3/c1-15-6-9(4-13(15)17)8-18-12-3-2-11(14)5-10(12)7-16/h2-3,5,9,16H,4,6-8H2,1H3. The Balaban J connectivity index is 1.96. The number of rotatable bonds is 4. The van der Waals surface area contributed by atoms with Crippen molar-refractivity contribution in [2.75, 3.05) is 20.2 Å². The summed E-state index contributed by atoms with van der Waals surface area (Å²) in [5.74, 6) is 1.09. The van der Waals surface area contributed by atoms with Crippen molar-refractivity contribution in [1.82, 2.24) is 4.90 Å². The smallest absolute Gasteiger partial charge is 0.222 e. The monoisotopic (exact) mass is 313 g/mol. The van der Waals surface area contributed by atoms with Crippen LogP contribution in [0.5, 0.6) is 5.75 Å². The van der Waals surface area contributed by atoms with E-state index in [-0.39, 0.29) is 18.4 Å². The van der Waals surface area contributed by atoms with Gasteiger partial charge in [0.15, 0.2) is 0 Å². The fraction of sp³-hybridized carbons (Fsp3) is 0.462. The van der Waals surface area contributed by atoms with Crippen LogP contribution in [0.4, 0.5) is 0 Å². The Morgan fingerprint density at radius 2 is 2.33 bits per heavy atom. The van der Waals surface area contributed by atoms with Crippen molar-refractivity contribution >= 4 is 21.8 Å². The van der Waals surface area contributed by atoms with Gasteiger partial charge in [-0.1, -0.05) is 15.9 Å². The van der Waals surface area contributed by atoms with Crippen LogP contribution in [0.3, 0.4) is 0 Å². The second-order valence-electron chi connectivity index (χ2n) is 4.57. The lowest BCUT2D eigenvalue weighted by atomic mass is 10.1. The van der Waals surface area contributed by atoms with Crippen molar-refractivity contribution in [1.29, 1.82) is 0 Å². The Hall–Kier alpha value is -1.07. The van der Waals surface area contributed by atoms with E-state index >= 15 is 0 Å². The zero-order valence-electron chi connectivity index (χ0n) is 10.2. The van der Waals surface area contributed by atoms with Gasteiger partial charge in [-0.05, 0) is 18.2 Å². The quantitative estimate of drug-likeness (QED) is 0.922. The molecule has 5 heteroatoms. The summed E-state index contributed by atoms with van der Waals surface area (Å²) in [4.78, 5) is 13.1. The molecule has 1 heterocycles. The van der Waals surface area contributed by atoms with Crippen molar-refractivity contribution in [3.63, 3.8) is 0 Å². The lowest BCUT2D eigenvalue weighted by Gasteiger charge is -2.14. The molecule has 0 spiro atoms. The highest BCUT2D eigenvalue weighted by atomic mass is 79.9. The Labute approximate surface area is 115 Å². The third kappa shape index (κ3) is 3.03. The Bertz CT molecular complexity index is 450. The highest BCUT2D eigenvalue weighted by molar-refractivity contribution is 9.10. The number of halogens is 1.